The lowest BCUT2D eigenvalue weighted by molar-refractivity contribution is 0.0957. The molecule has 1 aliphatic rings. The van der Waals surface area contributed by atoms with E-state index in [1.165, 1.54) is 18.3 Å². The predicted molar refractivity (Wildman–Crippen MR) is 127 cm³/mol. The van der Waals surface area contributed by atoms with E-state index in [2.05, 4.69) is 20.4 Å². The number of nitrogens with one attached hydrogen (secondary N) is 2. The Labute approximate surface area is 200 Å². The fourth-order valence-corrected chi connectivity index (χ4v) is 4.60. The lowest BCUT2D eigenvalue weighted by Gasteiger charge is -2.37. The van der Waals surface area contributed by atoms with Crippen LogP contribution in [0.4, 0.5) is 10.1 Å². The second kappa shape index (κ2) is 8.24. The summed E-state index contributed by atoms with van der Waals surface area (Å²) in [5.41, 5.74) is 1.61. The summed E-state index contributed by atoms with van der Waals surface area (Å²) < 4.78 is 15.7. The monoisotopic (exact) mass is 477 g/mol. The molecule has 0 unspecified atom stereocenters. The SMILES string of the molecule is Cn1nc2ccc(N(C(=O)c3cnc(-c4ccc(C#N)c(F)c4)[nH]3)[C@]3(C)CCNC3)cc2c1Cl. The van der Waals surface area contributed by atoms with Crippen molar-refractivity contribution in [1.82, 2.24) is 25.1 Å². The zero-order chi connectivity index (χ0) is 24.0. The van der Waals surface area contributed by atoms with Crippen molar-refractivity contribution in [2.45, 2.75) is 18.9 Å². The fraction of sp³-hybridized carbons (Fsp3) is 0.250. The maximum atomic E-state index is 14.1. The second-order valence-corrected chi connectivity index (χ2v) is 8.99. The number of anilines is 1. The Hall–Kier alpha value is -3.74. The summed E-state index contributed by atoms with van der Waals surface area (Å²) in [6.45, 7) is 3.45. The molecule has 0 aliphatic carbocycles. The standard InChI is InChI=1S/C24H21ClFN7O/c1-24(7-8-28-13-24)33(16-5-6-19-17(10-16)21(25)32(2)31-19)23(34)20-12-29-22(30-20)14-3-4-15(11-27)18(26)9-14/h3-6,9-10,12,28H,7-8,13H2,1-2H3,(H,29,30)/t24-/m1/s1. The molecule has 0 radical (unpaired) electrons. The molecule has 5 rings (SSSR count). The van der Waals surface area contributed by atoms with E-state index >= 15 is 0 Å². The van der Waals surface area contributed by atoms with Gasteiger partial charge >= 0.3 is 0 Å². The summed E-state index contributed by atoms with van der Waals surface area (Å²) in [5.74, 6) is -0.567. The third kappa shape index (κ3) is 3.61. The van der Waals surface area contributed by atoms with E-state index in [9.17, 15) is 9.18 Å². The summed E-state index contributed by atoms with van der Waals surface area (Å²) in [6, 6.07) is 11.6. The molecule has 0 bridgehead atoms. The first-order valence-electron chi connectivity index (χ1n) is 10.7. The molecule has 4 aromatic rings. The van der Waals surface area contributed by atoms with Gasteiger partial charge in [-0.3, -0.25) is 14.4 Å². The Kier molecular flexibility index (Phi) is 5.35. The number of aryl methyl sites for hydroxylation is 1. The number of carbonyl (C=O) groups is 1. The van der Waals surface area contributed by atoms with E-state index in [4.69, 9.17) is 16.9 Å². The zero-order valence-electron chi connectivity index (χ0n) is 18.6. The van der Waals surface area contributed by atoms with Crippen molar-refractivity contribution in [3.05, 3.63) is 64.8 Å². The topological polar surface area (TPSA) is 103 Å². The number of aromatic amines is 1. The van der Waals surface area contributed by atoms with Crippen LogP contribution in [0, 0.1) is 17.1 Å². The van der Waals surface area contributed by atoms with Crippen molar-refractivity contribution in [2.75, 3.05) is 18.0 Å². The number of imidazole rings is 1. The summed E-state index contributed by atoms with van der Waals surface area (Å²) in [7, 11) is 1.77. The van der Waals surface area contributed by atoms with Crippen LogP contribution in [0.25, 0.3) is 22.3 Å². The van der Waals surface area contributed by atoms with Crippen LogP contribution in [0.15, 0.2) is 42.6 Å². The molecule has 1 aliphatic heterocycles. The third-order valence-electron chi connectivity index (χ3n) is 6.26. The Bertz CT molecular complexity index is 1460. The number of fused-ring (bicyclic) bond motifs is 1. The van der Waals surface area contributed by atoms with Crippen LogP contribution >= 0.6 is 11.6 Å². The van der Waals surface area contributed by atoms with Crippen molar-refractivity contribution in [2.24, 2.45) is 7.05 Å². The van der Waals surface area contributed by atoms with E-state index in [0.717, 1.165) is 23.9 Å². The predicted octanol–water partition coefficient (Wildman–Crippen LogP) is 4.03. The summed E-state index contributed by atoms with van der Waals surface area (Å²) in [4.78, 5) is 22.9. The Balaban J connectivity index is 1.56. The van der Waals surface area contributed by atoms with Gasteiger partial charge in [0.1, 0.15) is 28.6 Å². The molecular formula is C24H21ClFN7O. The van der Waals surface area contributed by atoms with Crippen molar-refractivity contribution < 1.29 is 9.18 Å². The van der Waals surface area contributed by atoms with Crippen LogP contribution in [0.3, 0.4) is 0 Å². The van der Waals surface area contributed by atoms with Gasteiger partial charge in [0.2, 0.25) is 0 Å². The molecule has 34 heavy (non-hydrogen) atoms. The minimum Gasteiger partial charge on any atom is -0.334 e. The molecule has 10 heteroatoms. The number of nitrogens with zero attached hydrogens (tertiary/aromatic N) is 5. The number of benzene rings is 2. The molecule has 1 fully saturated rings. The van der Waals surface area contributed by atoms with Gasteiger partial charge < -0.3 is 10.3 Å². The van der Waals surface area contributed by atoms with Gasteiger partial charge in [0.25, 0.3) is 5.91 Å². The van der Waals surface area contributed by atoms with Crippen LogP contribution in [0.5, 0.6) is 0 Å². The number of nitriles is 1. The van der Waals surface area contributed by atoms with Crippen LogP contribution in [-0.2, 0) is 7.05 Å². The third-order valence-corrected chi connectivity index (χ3v) is 6.71. The number of H-pyrrole nitrogens is 1. The number of carbonyl (C=O) groups excluding carboxylic acids is 1. The molecule has 1 atom stereocenters. The van der Waals surface area contributed by atoms with Crippen LogP contribution < -0.4 is 10.2 Å². The number of aromatic nitrogens is 4. The van der Waals surface area contributed by atoms with Crippen molar-refractivity contribution >= 4 is 34.1 Å². The van der Waals surface area contributed by atoms with Crippen molar-refractivity contribution in [3.63, 3.8) is 0 Å². The Morgan fingerprint density at radius 2 is 2.15 bits per heavy atom. The van der Waals surface area contributed by atoms with Gasteiger partial charge in [-0.1, -0.05) is 11.6 Å². The molecule has 2 aromatic carbocycles. The first kappa shape index (κ1) is 22.1. The van der Waals surface area contributed by atoms with E-state index in [1.807, 2.05) is 25.1 Å². The zero-order valence-corrected chi connectivity index (χ0v) is 19.3. The normalized spacial score (nSPS) is 17.7. The van der Waals surface area contributed by atoms with Crippen molar-refractivity contribution in [3.8, 4) is 17.5 Å². The molecule has 8 nitrogen and oxygen atoms in total. The maximum absolute atomic E-state index is 14.1. The number of amides is 1. The fourth-order valence-electron chi connectivity index (χ4n) is 4.41. The number of rotatable bonds is 4. The van der Waals surface area contributed by atoms with Gasteiger partial charge in [0.05, 0.1) is 22.8 Å². The van der Waals surface area contributed by atoms with Gasteiger partial charge in [0, 0.05) is 30.2 Å². The molecule has 1 saturated heterocycles. The van der Waals surface area contributed by atoms with E-state index in [-0.39, 0.29) is 17.2 Å². The van der Waals surface area contributed by atoms with E-state index in [1.54, 1.807) is 28.8 Å². The lowest BCUT2D eigenvalue weighted by Crippen LogP contribution is -2.51. The minimum absolute atomic E-state index is 0.0519. The molecule has 172 valence electrons. The number of halogens is 2. The van der Waals surface area contributed by atoms with Crippen LogP contribution in [0.2, 0.25) is 5.15 Å². The van der Waals surface area contributed by atoms with Gasteiger partial charge in [-0.15, -0.1) is 0 Å². The van der Waals surface area contributed by atoms with Crippen LogP contribution in [0.1, 0.15) is 29.4 Å². The maximum Gasteiger partial charge on any atom is 0.276 e. The Morgan fingerprint density at radius 1 is 1.32 bits per heavy atom. The van der Waals surface area contributed by atoms with Gasteiger partial charge in [0.15, 0.2) is 0 Å². The average molecular weight is 478 g/mol. The quantitative estimate of drug-likeness (QED) is 0.462. The highest BCUT2D eigenvalue weighted by molar-refractivity contribution is 6.34. The van der Waals surface area contributed by atoms with Gasteiger partial charge in [-0.25, -0.2) is 9.37 Å². The highest BCUT2D eigenvalue weighted by atomic mass is 35.5. The first-order valence-corrected chi connectivity index (χ1v) is 11.1. The highest BCUT2D eigenvalue weighted by Gasteiger charge is 2.40. The molecule has 2 N–H and O–H groups in total. The molecule has 3 heterocycles. The largest absolute Gasteiger partial charge is 0.334 e. The smallest absolute Gasteiger partial charge is 0.276 e. The first-order chi connectivity index (χ1) is 16.3. The second-order valence-electron chi connectivity index (χ2n) is 8.63. The van der Waals surface area contributed by atoms with E-state index < -0.39 is 11.4 Å². The summed E-state index contributed by atoms with van der Waals surface area (Å²) in [5, 5.41) is 17.9. The molecule has 0 spiro atoms. The molecule has 1 amide bonds. The molecular weight excluding hydrogens is 457 g/mol. The molecule has 0 saturated carbocycles. The average Bonchev–Trinajstić information content (AvgIpc) is 3.55. The van der Waals surface area contributed by atoms with Crippen LogP contribution in [-0.4, -0.2) is 44.3 Å². The van der Waals surface area contributed by atoms with Gasteiger partial charge in [-0.2, -0.15) is 10.4 Å². The highest BCUT2D eigenvalue weighted by Crippen LogP contribution is 2.34. The lowest BCUT2D eigenvalue weighted by atomic mass is 9.97. The number of hydrogen-bond acceptors (Lipinski definition) is 5. The Morgan fingerprint density at radius 3 is 2.85 bits per heavy atom. The number of hydrogen-bond donors (Lipinski definition) is 2. The summed E-state index contributed by atoms with van der Waals surface area (Å²) in [6.07, 6.45) is 2.21. The van der Waals surface area contributed by atoms with E-state index in [0.29, 0.717) is 28.8 Å². The summed E-state index contributed by atoms with van der Waals surface area (Å²) >= 11 is 6.43. The van der Waals surface area contributed by atoms with Crippen molar-refractivity contribution in [1.29, 1.82) is 5.26 Å². The minimum atomic E-state index is -0.642. The van der Waals surface area contributed by atoms with Gasteiger partial charge in [-0.05, 0) is 56.3 Å². The molecule has 2 aromatic heterocycles.